The molecule has 112 valence electrons. The van der Waals surface area contributed by atoms with Crippen molar-refractivity contribution >= 4 is 10.0 Å². The summed E-state index contributed by atoms with van der Waals surface area (Å²) in [5, 5.41) is 0. The molecule has 0 saturated carbocycles. The SMILES string of the molecule is CCC(NS(=O)(=O)c1ccc(C)cc1C)c1ccncc1. The fourth-order valence-corrected chi connectivity index (χ4v) is 3.87. The van der Waals surface area contributed by atoms with Gasteiger partial charge in [0.15, 0.2) is 0 Å². The van der Waals surface area contributed by atoms with Crippen molar-refractivity contribution in [3.63, 3.8) is 0 Å². The van der Waals surface area contributed by atoms with Gasteiger partial charge in [0.25, 0.3) is 0 Å². The molecule has 0 radical (unpaired) electrons. The Labute approximate surface area is 126 Å². The zero-order valence-corrected chi connectivity index (χ0v) is 13.3. The molecule has 0 saturated heterocycles. The molecule has 1 aromatic heterocycles. The predicted octanol–water partition coefficient (Wildman–Crippen LogP) is 3.13. The van der Waals surface area contributed by atoms with Crippen LogP contribution in [0.25, 0.3) is 0 Å². The van der Waals surface area contributed by atoms with Gasteiger partial charge in [0.1, 0.15) is 0 Å². The molecule has 0 fully saturated rings. The maximum absolute atomic E-state index is 12.6. The molecule has 2 rings (SSSR count). The first kappa shape index (κ1) is 15.7. The Balaban J connectivity index is 2.32. The van der Waals surface area contributed by atoms with Gasteiger partial charge in [-0.2, -0.15) is 0 Å². The molecule has 0 bridgehead atoms. The van der Waals surface area contributed by atoms with E-state index in [0.717, 1.165) is 16.7 Å². The van der Waals surface area contributed by atoms with Gasteiger partial charge in [-0.25, -0.2) is 13.1 Å². The molecule has 0 amide bonds. The minimum atomic E-state index is -3.54. The van der Waals surface area contributed by atoms with Crippen LogP contribution in [0.15, 0.2) is 47.6 Å². The Bertz CT molecular complexity index is 712. The van der Waals surface area contributed by atoms with E-state index in [0.29, 0.717) is 11.3 Å². The number of benzene rings is 1. The van der Waals surface area contributed by atoms with Crippen LogP contribution in [0.2, 0.25) is 0 Å². The zero-order chi connectivity index (χ0) is 15.5. The minimum Gasteiger partial charge on any atom is -0.265 e. The van der Waals surface area contributed by atoms with Crippen molar-refractivity contribution in [2.75, 3.05) is 0 Å². The number of sulfonamides is 1. The number of hydrogen-bond acceptors (Lipinski definition) is 3. The summed E-state index contributed by atoms with van der Waals surface area (Å²) in [6.45, 7) is 5.72. The van der Waals surface area contributed by atoms with E-state index in [-0.39, 0.29) is 6.04 Å². The Morgan fingerprint density at radius 3 is 2.38 bits per heavy atom. The highest BCUT2D eigenvalue weighted by atomic mass is 32.2. The Morgan fingerprint density at radius 2 is 1.81 bits per heavy atom. The van der Waals surface area contributed by atoms with Crippen LogP contribution in [0.3, 0.4) is 0 Å². The van der Waals surface area contributed by atoms with Gasteiger partial charge in [0, 0.05) is 18.4 Å². The summed E-state index contributed by atoms with van der Waals surface area (Å²) in [4.78, 5) is 4.30. The molecule has 0 aliphatic heterocycles. The van der Waals surface area contributed by atoms with E-state index < -0.39 is 10.0 Å². The third kappa shape index (κ3) is 3.68. The molecule has 0 aliphatic rings. The second-order valence-electron chi connectivity index (χ2n) is 5.13. The lowest BCUT2D eigenvalue weighted by atomic mass is 10.1. The van der Waals surface area contributed by atoms with Crippen LogP contribution < -0.4 is 4.72 Å². The number of aryl methyl sites for hydroxylation is 2. The highest BCUT2D eigenvalue weighted by Gasteiger charge is 2.21. The first-order chi connectivity index (χ1) is 9.94. The van der Waals surface area contributed by atoms with Gasteiger partial charge in [-0.05, 0) is 49.6 Å². The second kappa shape index (κ2) is 6.37. The van der Waals surface area contributed by atoms with Crippen LogP contribution in [0.5, 0.6) is 0 Å². The van der Waals surface area contributed by atoms with E-state index in [9.17, 15) is 8.42 Å². The Kier molecular flexibility index (Phi) is 4.75. The number of hydrogen-bond donors (Lipinski definition) is 1. The number of pyridine rings is 1. The van der Waals surface area contributed by atoms with Crippen molar-refractivity contribution < 1.29 is 8.42 Å². The monoisotopic (exact) mass is 304 g/mol. The molecule has 1 atom stereocenters. The average molecular weight is 304 g/mol. The van der Waals surface area contributed by atoms with E-state index in [1.165, 1.54) is 0 Å². The quantitative estimate of drug-likeness (QED) is 0.923. The average Bonchev–Trinajstić information content (AvgIpc) is 2.45. The lowest BCUT2D eigenvalue weighted by Gasteiger charge is -2.18. The summed E-state index contributed by atoms with van der Waals surface area (Å²) in [5.41, 5.74) is 2.72. The third-order valence-electron chi connectivity index (χ3n) is 3.43. The zero-order valence-electron chi connectivity index (χ0n) is 12.5. The molecule has 2 aromatic rings. The summed E-state index contributed by atoms with van der Waals surface area (Å²) in [5.74, 6) is 0. The summed E-state index contributed by atoms with van der Waals surface area (Å²) in [7, 11) is -3.54. The number of rotatable bonds is 5. The maximum Gasteiger partial charge on any atom is 0.241 e. The molecule has 1 heterocycles. The summed E-state index contributed by atoms with van der Waals surface area (Å²) < 4.78 is 27.9. The number of nitrogens with one attached hydrogen (secondary N) is 1. The van der Waals surface area contributed by atoms with Crippen LogP contribution in [-0.2, 0) is 10.0 Å². The molecule has 5 heteroatoms. The third-order valence-corrected chi connectivity index (χ3v) is 5.07. The second-order valence-corrected chi connectivity index (χ2v) is 6.81. The fraction of sp³-hybridized carbons (Fsp3) is 0.312. The molecule has 4 nitrogen and oxygen atoms in total. The topological polar surface area (TPSA) is 59.1 Å². The fourth-order valence-electron chi connectivity index (χ4n) is 2.33. The number of aromatic nitrogens is 1. The maximum atomic E-state index is 12.6. The van der Waals surface area contributed by atoms with Crippen LogP contribution >= 0.6 is 0 Å². The van der Waals surface area contributed by atoms with Gasteiger partial charge >= 0.3 is 0 Å². The van der Waals surface area contributed by atoms with Crippen LogP contribution in [0.1, 0.15) is 36.1 Å². The molecule has 21 heavy (non-hydrogen) atoms. The van der Waals surface area contributed by atoms with E-state index in [1.54, 1.807) is 18.5 Å². The van der Waals surface area contributed by atoms with Crippen molar-refractivity contribution in [2.24, 2.45) is 0 Å². The van der Waals surface area contributed by atoms with Gasteiger partial charge in [-0.1, -0.05) is 24.6 Å². The standard InChI is InChI=1S/C16H20N2O2S/c1-4-15(14-7-9-17-10-8-14)18-21(19,20)16-6-5-12(2)11-13(16)3/h5-11,15,18H,4H2,1-3H3. The van der Waals surface area contributed by atoms with E-state index in [2.05, 4.69) is 9.71 Å². The highest BCUT2D eigenvalue weighted by Crippen LogP contribution is 2.22. The molecule has 0 aliphatic carbocycles. The van der Waals surface area contributed by atoms with Crippen molar-refractivity contribution in [1.82, 2.24) is 9.71 Å². The van der Waals surface area contributed by atoms with Gasteiger partial charge < -0.3 is 0 Å². The molecular formula is C16H20N2O2S. The summed E-state index contributed by atoms with van der Waals surface area (Å²) in [6.07, 6.45) is 4.01. The van der Waals surface area contributed by atoms with Gasteiger partial charge in [-0.15, -0.1) is 0 Å². The van der Waals surface area contributed by atoms with Crippen molar-refractivity contribution in [3.8, 4) is 0 Å². The summed E-state index contributed by atoms with van der Waals surface area (Å²) >= 11 is 0. The van der Waals surface area contributed by atoms with Crippen LogP contribution in [0.4, 0.5) is 0 Å². The molecule has 1 N–H and O–H groups in total. The van der Waals surface area contributed by atoms with E-state index >= 15 is 0 Å². The van der Waals surface area contributed by atoms with Gasteiger partial charge in [-0.3, -0.25) is 4.98 Å². The summed E-state index contributed by atoms with van der Waals surface area (Å²) in [6, 6.07) is 8.76. The lowest BCUT2D eigenvalue weighted by Crippen LogP contribution is -2.28. The Hall–Kier alpha value is -1.72. The van der Waals surface area contributed by atoms with Crippen molar-refractivity contribution in [2.45, 2.75) is 38.1 Å². The first-order valence-electron chi connectivity index (χ1n) is 6.93. The number of nitrogens with zero attached hydrogens (tertiary/aromatic N) is 1. The first-order valence-corrected chi connectivity index (χ1v) is 8.42. The van der Waals surface area contributed by atoms with Crippen molar-refractivity contribution in [1.29, 1.82) is 0 Å². The van der Waals surface area contributed by atoms with Gasteiger partial charge in [0.2, 0.25) is 10.0 Å². The minimum absolute atomic E-state index is 0.251. The van der Waals surface area contributed by atoms with Crippen molar-refractivity contribution in [3.05, 3.63) is 59.4 Å². The predicted molar refractivity (Wildman–Crippen MR) is 83.5 cm³/mol. The smallest absolute Gasteiger partial charge is 0.241 e. The highest BCUT2D eigenvalue weighted by molar-refractivity contribution is 7.89. The largest absolute Gasteiger partial charge is 0.265 e. The van der Waals surface area contributed by atoms with Crippen LogP contribution in [-0.4, -0.2) is 13.4 Å². The van der Waals surface area contributed by atoms with Crippen LogP contribution in [0, 0.1) is 13.8 Å². The molecular weight excluding hydrogens is 284 g/mol. The van der Waals surface area contributed by atoms with E-state index in [1.807, 2.05) is 45.0 Å². The lowest BCUT2D eigenvalue weighted by molar-refractivity contribution is 0.549. The molecule has 1 unspecified atom stereocenters. The molecule has 1 aromatic carbocycles. The van der Waals surface area contributed by atoms with E-state index in [4.69, 9.17) is 0 Å². The Morgan fingerprint density at radius 1 is 1.14 bits per heavy atom. The normalized spacial score (nSPS) is 13.1. The van der Waals surface area contributed by atoms with Gasteiger partial charge in [0.05, 0.1) is 4.90 Å². The molecule has 0 spiro atoms.